The number of amides is 2. The van der Waals surface area contributed by atoms with Gasteiger partial charge in [0.15, 0.2) is 5.71 Å². The number of nitrogens with one attached hydrogen (secondary N) is 1. The van der Waals surface area contributed by atoms with Crippen molar-refractivity contribution in [3.63, 3.8) is 0 Å². The second kappa shape index (κ2) is 7.87. The number of carbonyl (C=O) groups excluding carboxylic acids is 2. The average Bonchev–Trinajstić information content (AvgIpc) is 3.02. The standard InChI is InChI=1S/C17H14ClN5O4S/c1-19-16(24)14-15(17(25)23(22-14)12-5-3-2-4-6-12)21-20-11-7-9-13(10-8-11)28(18,26)27/h2-10,15H,1H3,(H,19,24). The lowest BCUT2D eigenvalue weighted by molar-refractivity contribution is -0.119. The van der Waals surface area contributed by atoms with Gasteiger partial charge in [0.1, 0.15) is 0 Å². The van der Waals surface area contributed by atoms with E-state index in [1.165, 1.54) is 31.3 Å². The molecule has 28 heavy (non-hydrogen) atoms. The van der Waals surface area contributed by atoms with Crippen LogP contribution >= 0.6 is 10.7 Å². The maximum absolute atomic E-state index is 12.7. The molecular weight excluding hydrogens is 406 g/mol. The molecule has 0 fully saturated rings. The van der Waals surface area contributed by atoms with Gasteiger partial charge in [0.2, 0.25) is 6.04 Å². The van der Waals surface area contributed by atoms with Crippen LogP contribution in [0.25, 0.3) is 0 Å². The summed E-state index contributed by atoms with van der Waals surface area (Å²) in [5, 5.41) is 15.5. The number of azo groups is 1. The zero-order chi connectivity index (χ0) is 20.3. The normalized spacial score (nSPS) is 17.1. The minimum Gasteiger partial charge on any atom is -0.354 e. The molecule has 0 radical (unpaired) electrons. The van der Waals surface area contributed by atoms with Crippen LogP contribution < -0.4 is 10.3 Å². The summed E-state index contributed by atoms with van der Waals surface area (Å²) in [7, 11) is 2.83. The molecule has 0 aromatic heterocycles. The Balaban J connectivity index is 1.89. The van der Waals surface area contributed by atoms with Crippen molar-refractivity contribution in [2.75, 3.05) is 12.1 Å². The fourth-order valence-electron chi connectivity index (χ4n) is 2.40. The van der Waals surface area contributed by atoms with Crippen LogP contribution in [0.5, 0.6) is 0 Å². The number of hydrogen-bond acceptors (Lipinski definition) is 7. The van der Waals surface area contributed by atoms with Gasteiger partial charge in [0, 0.05) is 17.7 Å². The molecule has 1 unspecified atom stereocenters. The van der Waals surface area contributed by atoms with Crippen molar-refractivity contribution in [3.8, 4) is 0 Å². The van der Waals surface area contributed by atoms with Crippen LogP contribution in [0, 0.1) is 0 Å². The maximum atomic E-state index is 12.7. The molecule has 0 spiro atoms. The maximum Gasteiger partial charge on any atom is 0.280 e. The quantitative estimate of drug-likeness (QED) is 0.589. The number of benzene rings is 2. The van der Waals surface area contributed by atoms with E-state index in [9.17, 15) is 18.0 Å². The van der Waals surface area contributed by atoms with E-state index >= 15 is 0 Å². The molecule has 11 heteroatoms. The van der Waals surface area contributed by atoms with Crippen LogP contribution in [0.4, 0.5) is 11.4 Å². The van der Waals surface area contributed by atoms with Gasteiger partial charge >= 0.3 is 0 Å². The zero-order valence-electron chi connectivity index (χ0n) is 14.5. The van der Waals surface area contributed by atoms with Gasteiger partial charge in [-0.3, -0.25) is 9.59 Å². The smallest absolute Gasteiger partial charge is 0.280 e. The lowest BCUT2D eigenvalue weighted by Crippen LogP contribution is -2.37. The molecule has 0 aliphatic carbocycles. The third-order valence-electron chi connectivity index (χ3n) is 3.78. The van der Waals surface area contributed by atoms with Crippen LogP contribution in [0.1, 0.15) is 0 Å². The second-order valence-corrected chi connectivity index (χ2v) is 8.17. The van der Waals surface area contributed by atoms with Crippen molar-refractivity contribution in [2.45, 2.75) is 10.9 Å². The Morgan fingerprint density at radius 2 is 1.79 bits per heavy atom. The van der Waals surface area contributed by atoms with Crippen LogP contribution in [0.2, 0.25) is 0 Å². The third kappa shape index (κ3) is 4.07. The van der Waals surface area contributed by atoms with Gasteiger partial charge in [-0.15, -0.1) is 0 Å². The number of anilines is 1. The van der Waals surface area contributed by atoms with E-state index in [1.54, 1.807) is 30.3 Å². The summed E-state index contributed by atoms with van der Waals surface area (Å²) < 4.78 is 22.6. The first kappa shape index (κ1) is 19.6. The molecule has 2 amide bonds. The SMILES string of the molecule is CNC(=O)C1=NN(c2ccccc2)C(=O)C1N=Nc1ccc(S(=O)(=O)Cl)cc1. The highest BCUT2D eigenvalue weighted by Crippen LogP contribution is 2.24. The summed E-state index contributed by atoms with van der Waals surface area (Å²) in [6.45, 7) is 0. The average molecular weight is 420 g/mol. The first-order chi connectivity index (χ1) is 13.3. The number of halogens is 1. The largest absolute Gasteiger partial charge is 0.354 e. The molecule has 1 atom stereocenters. The lowest BCUT2D eigenvalue weighted by Gasteiger charge is -2.11. The summed E-state index contributed by atoms with van der Waals surface area (Å²) in [5.41, 5.74) is 0.676. The minimum atomic E-state index is -3.85. The monoisotopic (exact) mass is 419 g/mol. The zero-order valence-corrected chi connectivity index (χ0v) is 16.1. The van der Waals surface area contributed by atoms with Crippen LogP contribution in [-0.2, 0) is 18.6 Å². The van der Waals surface area contributed by atoms with Crippen molar-refractivity contribution < 1.29 is 18.0 Å². The number of carbonyl (C=O) groups is 2. The highest BCUT2D eigenvalue weighted by Gasteiger charge is 2.40. The topological polar surface area (TPSA) is 121 Å². The van der Waals surface area contributed by atoms with E-state index in [0.29, 0.717) is 5.69 Å². The molecule has 1 aliphatic heterocycles. The van der Waals surface area contributed by atoms with Crippen molar-refractivity contribution >= 4 is 48.6 Å². The molecule has 1 N–H and O–H groups in total. The Morgan fingerprint density at radius 1 is 1.14 bits per heavy atom. The van der Waals surface area contributed by atoms with Crippen molar-refractivity contribution in [3.05, 3.63) is 54.6 Å². The molecule has 1 aliphatic rings. The number of hydrazone groups is 1. The molecule has 0 saturated carbocycles. The number of rotatable bonds is 5. The predicted octanol–water partition coefficient (Wildman–Crippen LogP) is 2.22. The second-order valence-electron chi connectivity index (χ2n) is 5.60. The van der Waals surface area contributed by atoms with Gasteiger partial charge in [-0.05, 0) is 36.4 Å². The van der Waals surface area contributed by atoms with Crippen LogP contribution in [0.15, 0.2) is 74.8 Å². The van der Waals surface area contributed by atoms with E-state index in [1.807, 2.05) is 0 Å². The van der Waals surface area contributed by atoms with Crippen LogP contribution in [0.3, 0.4) is 0 Å². The molecule has 0 saturated heterocycles. The molecule has 9 nitrogen and oxygen atoms in total. The molecule has 3 rings (SSSR count). The third-order valence-corrected chi connectivity index (χ3v) is 5.15. The predicted molar refractivity (Wildman–Crippen MR) is 103 cm³/mol. The van der Waals surface area contributed by atoms with Crippen molar-refractivity contribution in [1.29, 1.82) is 0 Å². The minimum absolute atomic E-state index is 0.0899. The summed E-state index contributed by atoms with van der Waals surface area (Å²) >= 11 is 0. The fraction of sp³-hybridized carbons (Fsp3) is 0.118. The molecule has 2 aromatic rings. The summed E-state index contributed by atoms with van der Waals surface area (Å²) in [4.78, 5) is 24.7. The molecule has 0 bridgehead atoms. The Bertz CT molecular complexity index is 1070. The molecule has 1 heterocycles. The first-order valence-corrected chi connectivity index (χ1v) is 10.3. The Kier molecular flexibility index (Phi) is 5.52. The van der Waals surface area contributed by atoms with E-state index < -0.39 is 26.9 Å². The van der Waals surface area contributed by atoms with E-state index in [0.717, 1.165) is 5.01 Å². The van der Waals surface area contributed by atoms with Gasteiger partial charge in [-0.1, -0.05) is 18.2 Å². The lowest BCUT2D eigenvalue weighted by atomic mass is 10.1. The van der Waals surface area contributed by atoms with Crippen molar-refractivity contribution in [1.82, 2.24) is 5.32 Å². The van der Waals surface area contributed by atoms with Crippen LogP contribution in [-0.4, -0.2) is 39.0 Å². The Hall–Kier alpha value is -3.11. The number of para-hydroxylation sites is 1. The van der Waals surface area contributed by atoms with E-state index in [2.05, 4.69) is 20.6 Å². The van der Waals surface area contributed by atoms with Gasteiger partial charge in [-0.25, -0.2) is 8.42 Å². The number of nitrogens with zero attached hydrogens (tertiary/aromatic N) is 4. The molecule has 144 valence electrons. The van der Waals surface area contributed by atoms with Gasteiger partial charge < -0.3 is 5.32 Å². The highest BCUT2D eigenvalue weighted by molar-refractivity contribution is 8.13. The Morgan fingerprint density at radius 3 is 2.36 bits per heavy atom. The summed E-state index contributed by atoms with van der Waals surface area (Å²) in [5.74, 6) is -1.09. The van der Waals surface area contributed by atoms with Gasteiger partial charge in [0.25, 0.3) is 20.9 Å². The van der Waals surface area contributed by atoms with Gasteiger partial charge in [0.05, 0.1) is 16.3 Å². The molecular formula is C17H14ClN5O4S. The molecule has 2 aromatic carbocycles. The highest BCUT2D eigenvalue weighted by atomic mass is 35.7. The Labute approximate surface area is 165 Å². The van der Waals surface area contributed by atoms with Gasteiger partial charge in [-0.2, -0.15) is 20.3 Å². The van der Waals surface area contributed by atoms with E-state index in [-0.39, 0.29) is 16.3 Å². The summed E-state index contributed by atoms with van der Waals surface area (Å²) in [6, 6.07) is 12.7. The first-order valence-electron chi connectivity index (χ1n) is 7.96. The fourth-order valence-corrected chi connectivity index (χ4v) is 3.17. The van der Waals surface area contributed by atoms with Crippen molar-refractivity contribution in [2.24, 2.45) is 15.3 Å². The van der Waals surface area contributed by atoms with E-state index in [4.69, 9.17) is 10.7 Å². The summed E-state index contributed by atoms with van der Waals surface area (Å²) in [6.07, 6.45) is 0. The number of hydrogen-bond donors (Lipinski definition) is 1.